The molecule has 1 unspecified atom stereocenters. The first kappa shape index (κ1) is 17.4. The molecule has 26 heavy (non-hydrogen) atoms. The quantitative estimate of drug-likeness (QED) is 0.487. The van der Waals surface area contributed by atoms with Crippen LogP contribution in [0.3, 0.4) is 0 Å². The Morgan fingerprint density at radius 2 is 2.00 bits per heavy atom. The molecule has 0 fully saturated rings. The lowest BCUT2D eigenvalue weighted by Gasteiger charge is -2.19. The second-order valence-corrected chi connectivity index (χ2v) is 5.89. The fraction of sp³-hybridized carbons (Fsp3) is 0.222. The van der Waals surface area contributed by atoms with Gasteiger partial charge in [0.15, 0.2) is 0 Å². The molecule has 2 aromatic heterocycles. The zero-order valence-electron chi connectivity index (χ0n) is 14.6. The lowest BCUT2D eigenvalue weighted by atomic mass is 10.2. The summed E-state index contributed by atoms with van der Waals surface area (Å²) in [6.07, 6.45) is 6.04. The van der Waals surface area contributed by atoms with Crippen LogP contribution in [0.5, 0.6) is 0 Å². The fourth-order valence-corrected chi connectivity index (χ4v) is 2.56. The molecule has 0 amide bonds. The van der Waals surface area contributed by atoms with Crippen LogP contribution in [0.15, 0.2) is 55.1 Å². The summed E-state index contributed by atoms with van der Waals surface area (Å²) in [5, 5.41) is 17.7. The lowest BCUT2D eigenvalue weighted by molar-refractivity contribution is -0.384. The van der Waals surface area contributed by atoms with Gasteiger partial charge in [-0.1, -0.05) is 24.6 Å². The first-order valence-electron chi connectivity index (χ1n) is 8.30. The van der Waals surface area contributed by atoms with Gasteiger partial charge in [-0.25, -0.2) is 9.97 Å². The second-order valence-electron chi connectivity index (χ2n) is 5.89. The van der Waals surface area contributed by atoms with Gasteiger partial charge in [0.1, 0.15) is 12.0 Å². The highest BCUT2D eigenvalue weighted by molar-refractivity contribution is 5.67. The van der Waals surface area contributed by atoms with Crippen molar-refractivity contribution in [3.8, 4) is 0 Å². The molecule has 0 aliphatic heterocycles. The number of pyridine rings is 1. The summed E-state index contributed by atoms with van der Waals surface area (Å²) in [5.41, 5.74) is 1.77. The van der Waals surface area contributed by atoms with Gasteiger partial charge < -0.3 is 15.2 Å². The second kappa shape index (κ2) is 7.64. The van der Waals surface area contributed by atoms with Crippen LogP contribution in [-0.4, -0.2) is 19.5 Å². The number of aromatic nitrogens is 3. The van der Waals surface area contributed by atoms with Crippen LogP contribution in [0.1, 0.15) is 25.1 Å². The average Bonchev–Trinajstić information content (AvgIpc) is 3.16. The molecule has 0 bridgehead atoms. The summed E-state index contributed by atoms with van der Waals surface area (Å²) in [6, 6.07) is 10.7. The number of nitro groups is 1. The molecular weight excluding hydrogens is 332 g/mol. The van der Waals surface area contributed by atoms with Gasteiger partial charge in [0, 0.05) is 24.1 Å². The topological polar surface area (TPSA) is 97.9 Å². The Morgan fingerprint density at radius 1 is 1.23 bits per heavy atom. The summed E-state index contributed by atoms with van der Waals surface area (Å²) < 4.78 is 1.93. The number of benzene rings is 1. The van der Waals surface area contributed by atoms with E-state index in [9.17, 15) is 10.1 Å². The van der Waals surface area contributed by atoms with Crippen molar-refractivity contribution in [1.29, 1.82) is 0 Å². The van der Waals surface area contributed by atoms with Crippen molar-refractivity contribution in [3.63, 3.8) is 0 Å². The monoisotopic (exact) mass is 352 g/mol. The summed E-state index contributed by atoms with van der Waals surface area (Å²) in [7, 11) is 0. The van der Waals surface area contributed by atoms with Gasteiger partial charge >= 0.3 is 5.69 Å². The van der Waals surface area contributed by atoms with Gasteiger partial charge in [-0.2, -0.15) is 0 Å². The number of rotatable bonds is 7. The van der Waals surface area contributed by atoms with Crippen molar-refractivity contribution in [2.45, 2.75) is 26.4 Å². The van der Waals surface area contributed by atoms with Gasteiger partial charge in [-0.3, -0.25) is 10.1 Å². The van der Waals surface area contributed by atoms with Crippen LogP contribution in [0.25, 0.3) is 0 Å². The SMILES string of the molecule is CCC(Nc1ccc([N+](=O)[O-])c(Nc2ccc(C)cc2)n1)n1ccnc1. The third-order valence-electron chi connectivity index (χ3n) is 3.97. The molecule has 0 saturated carbocycles. The summed E-state index contributed by atoms with van der Waals surface area (Å²) >= 11 is 0. The molecule has 0 aliphatic carbocycles. The number of imidazole rings is 1. The van der Waals surface area contributed by atoms with E-state index in [0.717, 1.165) is 17.7 Å². The fourth-order valence-electron chi connectivity index (χ4n) is 2.56. The number of anilines is 3. The van der Waals surface area contributed by atoms with Crippen molar-refractivity contribution >= 4 is 23.0 Å². The van der Waals surface area contributed by atoms with E-state index in [0.29, 0.717) is 5.82 Å². The van der Waals surface area contributed by atoms with Gasteiger partial charge in [-0.15, -0.1) is 0 Å². The Bertz CT molecular complexity index is 877. The first-order chi connectivity index (χ1) is 12.6. The molecule has 1 atom stereocenters. The molecule has 3 rings (SSSR count). The number of nitrogens with zero attached hydrogens (tertiary/aromatic N) is 4. The minimum atomic E-state index is -0.444. The Morgan fingerprint density at radius 3 is 2.62 bits per heavy atom. The maximum Gasteiger partial charge on any atom is 0.311 e. The summed E-state index contributed by atoms with van der Waals surface area (Å²) in [5.74, 6) is 0.745. The Hall–Kier alpha value is -3.42. The summed E-state index contributed by atoms with van der Waals surface area (Å²) in [4.78, 5) is 19.4. The third kappa shape index (κ3) is 3.97. The molecule has 2 heterocycles. The van der Waals surface area contributed by atoms with Crippen LogP contribution in [0, 0.1) is 17.0 Å². The van der Waals surface area contributed by atoms with Crippen LogP contribution >= 0.6 is 0 Å². The predicted octanol–water partition coefficient (Wildman–Crippen LogP) is 4.26. The van der Waals surface area contributed by atoms with Crippen molar-refractivity contribution in [3.05, 3.63) is 70.8 Å². The van der Waals surface area contributed by atoms with Gasteiger partial charge in [0.2, 0.25) is 5.82 Å². The first-order valence-corrected chi connectivity index (χ1v) is 8.30. The predicted molar refractivity (Wildman–Crippen MR) is 101 cm³/mol. The molecule has 0 spiro atoms. The zero-order chi connectivity index (χ0) is 18.5. The van der Waals surface area contributed by atoms with E-state index < -0.39 is 4.92 Å². The Balaban J connectivity index is 1.88. The van der Waals surface area contributed by atoms with Crippen molar-refractivity contribution in [2.75, 3.05) is 10.6 Å². The van der Waals surface area contributed by atoms with Crippen LogP contribution < -0.4 is 10.6 Å². The Kier molecular flexibility index (Phi) is 5.12. The van der Waals surface area contributed by atoms with Crippen molar-refractivity contribution < 1.29 is 4.92 Å². The minimum Gasteiger partial charge on any atom is -0.350 e. The molecular formula is C18H20N6O2. The molecule has 8 nitrogen and oxygen atoms in total. The van der Waals surface area contributed by atoms with Crippen LogP contribution in [-0.2, 0) is 0 Å². The minimum absolute atomic E-state index is 0.0429. The number of hydrogen-bond acceptors (Lipinski definition) is 6. The van der Waals surface area contributed by atoms with Gasteiger partial charge in [0.05, 0.1) is 11.3 Å². The van der Waals surface area contributed by atoms with E-state index in [4.69, 9.17) is 0 Å². The molecule has 134 valence electrons. The highest BCUT2D eigenvalue weighted by atomic mass is 16.6. The standard InChI is InChI=1S/C18H20N6O2/c1-3-17(23-11-10-19-12-23)21-16-9-8-15(24(25)26)18(22-16)20-14-6-4-13(2)5-7-14/h4-12,17H,3H2,1-2H3,(H2,20,21,22). The Labute approximate surface area is 151 Å². The molecule has 0 aliphatic rings. The van der Waals surface area contributed by atoms with Crippen LogP contribution in [0.2, 0.25) is 0 Å². The van der Waals surface area contributed by atoms with Crippen LogP contribution in [0.4, 0.5) is 23.0 Å². The maximum atomic E-state index is 11.3. The smallest absolute Gasteiger partial charge is 0.311 e. The average molecular weight is 352 g/mol. The van der Waals surface area contributed by atoms with Crippen molar-refractivity contribution in [1.82, 2.24) is 14.5 Å². The highest BCUT2D eigenvalue weighted by Crippen LogP contribution is 2.28. The number of nitrogens with one attached hydrogen (secondary N) is 2. The summed E-state index contributed by atoms with van der Waals surface area (Å²) in [6.45, 7) is 4.02. The van der Waals surface area contributed by atoms with Gasteiger partial charge in [-0.05, 0) is 31.5 Å². The van der Waals surface area contributed by atoms with E-state index in [1.165, 1.54) is 6.07 Å². The van der Waals surface area contributed by atoms with E-state index in [1.54, 1.807) is 18.6 Å². The van der Waals surface area contributed by atoms with E-state index in [-0.39, 0.29) is 17.7 Å². The molecule has 8 heteroatoms. The molecule has 0 radical (unpaired) electrons. The number of hydrogen-bond donors (Lipinski definition) is 2. The molecule has 3 aromatic rings. The van der Waals surface area contributed by atoms with Crippen molar-refractivity contribution in [2.24, 2.45) is 0 Å². The van der Waals surface area contributed by atoms with E-state index >= 15 is 0 Å². The highest BCUT2D eigenvalue weighted by Gasteiger charge is 2.18. The van der Waals surface area contributed by atoms with Gasteiger partial charge in [0.25, 0.3) is 0 Å². The number of aryl methyl sites for hydroxylation is 1. The largest absolute Gasteiger partial charge is 0.350 e. The lowest BCUT2D eigenvalue weighted by Crippen LogP contribution is -2.17. The molecule has 0 saturated heterocycles. The maximum absolute atomic E-state index is 11.3. The van der Waals surface area contributed by atoms with E-state index in [1.807, 2.05) is 48.9 Å². The molecule has 1 aromatic carbocycles. The normalized spacial score (nSPS) is 11.8. The van der Waals surface area contributed by atoms with E-state index in [2.05, 4.69) is 20.6 Å². The zero-order valence-corrected chi connectivity index (χ0v) is 14.6. The third-order valence-corrected chi connectivity index (χ3v) is 3.97. The molecule has 2 N–H and O–H groups in total.